The highest BCUT2D eigenvalue weighted by molar-refractivity contribution is 14.1. The molecule has 0 aliphatic carbocycles. The third kappa shape index (κ3) is 3.68. The first-order valence-corrected chi connectivity index (χ1v) is 11.3. The normalized spacial score (nSPS) is 15.0. The van der Waals surface area contributed by atoms with Crippen LogP contribution in [-0.2, 0) is 0 Å². The van der Waals surface area contributed by atoms with Crippen molar-refractivity contribution in [2.24, 2.45) is 0 Å². The highest BCUT2D eigenvalue weighted by atomic mass is 127. The lowest BCUT2D eigenvalue weighted by Crippen LogP contribution is -2.18. The molecule has 9 heteroatoms. The molecule has 4 rings (SSSR count). The molecule has 1 aromatic heterocycles. The topological polar surface area (TPSA) is 69.2 Å². The number of hydrogen-bond acceptors (Lipinski definition) is 7. The van der Waals surface area contributed by atoms with Gasteiger partial charge < -0.3 is 14.8 Å². The fraction of sp³-hybridized carbons (Fsp3) is 0.167. The summed E-state index contributed by atoms with van der Waals surface area (Å²) in [4.78, 5) is 4.55. The number of ether oxygens (including phenoxy) is 2. The number of aromatic nitrogens is 3. The molecule has 0 saturated heterocycles. The van der Waals surface area contributed by atoms with Gasteiger partial charge in [-0.05, 0) is 69.6 Å². The van der Waals surface area contributed by atoms with Crippen LogP contribution in [-0.4, -0.2) is 28.5 Å². The zero-order chi connectivity index (χ0) is 19.0. The number of methoxy groups -OCH3 is 1. The number of nitrogens with zero attached hydrogens (tertiary/aromatic N) is 3. The van der Waals surface area contributed by atoms with E-state index in [1.54, 1.807) is 7.11 Å². The Morgan fingerprint density at radius 1 is 1.19 bits per heavy atom. The molecule has 1 aliphatic rings. The van der Waals surface area contributed by atoms with Crippen molar-refractivity contribution >= 4 is 62.6 Å². The molecule has 0 bridgehead atoms. The average Bonchev–Trinajstić information content (AvgIpc) is 2.83. The first kappa shape index (κ1) is 19.0. The van der Waals surface area contributed by atoms with Crippen LogP contribution in [0.3, 0.4) is 0 Å². The summed E-state index contributed by atoms with van der Waals surface area (Å²) in [6, 6.07) is 12.0. The van der Waals surface area contributed by atoms with E-state index >= 15 is 0 Å². The Morgan fingerprint density at radius 2 is 2.00 bits per heavy atom. The number of anilines is 1. The number of fused-ring (bicyclic) bond motifs is 3. The largest absolute Gasteiger partial charge is 0.495 e. The van der Waals surface area contributed by atoms with E-state index in [4.69, 9.17) is 9.47 Å². The highest BCUT2D eigenvalue weighted by Crippen LogP contribution is 2.42. The molecule has 138 valence electrons. The van der Waals surface area contributed by atoms with Gasteiger partial charge in [0.25, 0.3) is 0 Å². The summed E-state index contributed by atoms with van der Waals surface area (Å²) in [6.07, 6.45) is 1.44. The van der Waals surface area contributed by atoms with Crippen LogP contribution in [0.4, 0.5) is 5.69 Å². The van der Waals surface area contributed by atoms with Crippen molar-refractivity contribution in [2.75, 3.05) is 18.7 Å². The molecule has 2 heterocycles. The van der Waals surface area contributed by atoms with Crippen LogP contribution in [0.25, 0.3) is 11.3 Å². The van der Waals surface area contributed by atoms with Crippen LogP contribution in [0.2, 0.25) is 0 Å². The molecule has 0 unspecified atom stereocenters. The van der Waals surface area contributed by atoms with Crippen LogP contribution >= 0.6 is 56.9 Å². The monoisotopic (exact) mass is 604 g/mol. The van der Waals surface area contributed by atoms with Gasteiger partial charge in [-0.25, -0.2) is 0 Å². The Bertz CT molecular complexity index is 1020. The summed E-state index contributed by atoms with van der Waals surface area (Å²) < 4.78 is 14.1. The van der Waals surface area contributed by atoms with Gasteiger partial charge in [-0.2, -0.15) is 4.98 Å². The third-order valence-electron chi connectivity index (χ3n) is 4.04. The minimum absolute atomic E-state index is 0.452. The van der Waals surface area contributed by atoms with Gasteiger partial charge in [0.15, 0.2) is 5.69 Å². The van der Waals surface area contributed by atoms with Crippen molar-refractivity contribution in [1.29, 1.82) is 0 Å². The average molecular weight is 604 g/mol. The number of halogens is 2. The summed E-state index contributed by atoms with van der Waals surface area (Å²) >= 11 is 6.00. The maximum absolute atomic E-state index is 6.30. The lowest BCUT2D eigenvalue weighted by molar-refractivity contribution is 0.219. The van der Waals surface area contributed by atoms with E-state index in [0.717, 1.165) is 29.7 Å². The summed E-state index contributed by atoms with van der Waals surface area (Å²) in [5.41, 5.74) is 3.34. The maximum Gasteiger partial charge on any atom is 0.247 e. The van der Waals surface area contributed by atoms with Crippen LogP contribution in [0.5, 0.6) is 11.6 Å². The Balaban J connectivity index is 1.90. The zero-order valence-corrected chi connectivity index (χ0v) is 19.5. The van der Waals surface area contributed by atoms with Crippen molar-refractivity contribution in [2.45, 2.75) is 11.4 Å². The predicted molar refractivity (Wildman–Crippen MR) is 122 cm³/mol. The van der Waals surface area contributed by atoms with E-state index in [2.05, 4.69) is 77.8 Å². The molecule has 2 aromatic carbocycles. The van der Waals surface area contributed by atoms with E-state index in [9.17, 15) is 0 Å². The highest BCUT2D eigenvalue weighted by Gasteiger charge is 2.28. The number of thioether (sulfide) groups is 1. The summed E-state index contributed by atoms with van der Waals surface area (Å²) in [7, 11) is 1.67. The summed E-state index contributed by atoms with van der Waals surface area (Å²) in [5.74, 6) is 1.23. The van der Waals surface area contributed by atoms with Crippen molar-refractivity contribution in [3.05, 3.63) is 49.1 Å². The zero-order valence-electron chi connectivity index (χ0n) is 14.4. The minimum Gasteiger partial charge on any atom is -0.495 e. The Morgan fingerprint density at radius 3 is 2.78 bits per heavy atom. The quantitative estimate of drug-likeness (QED) is 0.334. The van der Waals surface area contributed by atoms with Gasteiger partial charge in [0.2, 0.25) is 17.3 Å². The number of nitrogens with one attached hydrogen (secondary N) is 1. The predicted octanol–water partition coefficient (Wildman–Crippen LogP) is 4.98. The van der Waals surface area contributed by atoms with Gasteiger partial charge in [-0.3, -0.25) is 0 Å². The fourth-order valence-corrected chi connectivity index (χ4v) is 5.27. The third-order valence-corrected chi connectivity index (χ3v) is 6.00. The van der Waals surface area contributed by atoms with Crippen LogP contribution < -0.4 is 14.8 Å². The summed E-state index contributed by atoms with van der Waals surface area (Å²) in [5, 5.41) is 12.6. The molecular formula is C18H14I2N4O2S. The second-order valence-corrected chi connectivity index (χ2v) is 8.83. The lowest BCUT2D eigenvalue weighted by Gasteiger charge is -2.22. The SMILES string of the molecule is COc1c(I)cc(I)cc1[C@@H]1Nc2ccccc2-c2nnc(SC)nc2O1. The molecule has 1 aliphatic heterocycles. The number of benzene rings is 2. The number of para-hydroxylation sites is 1. The molecule has 6 nitrogen and oxygen atoms in total. The lowest BCUT2D eigenvalue weighted by atomic mass is 10.1. The maximum atomic E-state index is 6.30. The van der Waals surface area contributed by atoms with Gasteiger partial charge in [0.05, 0.1) is 16.2 Å². The summed E-state index contributed by atoms with van der Waals surface area (Å²) in [6.45, 7) is 0. The van der Waals surface area contributed by atoms with Gasteiger partial charge in [0.1, 0.15) is 5.75 Å². The molecule has 1 atom stereocenters. The van der Waals surface area contributed by atoms with Crippen molar-refractivity contribution in [3.8, 4) is 22.9 Å². The van der Waals surface area contributed by atoms with Crippen LogP contribution in [0, 0.1) is 7.14 Å². The molecule has 0 radical (unpaired) electrons. The first-order valence-electron chi connectivity index (χ1n) is 7.95. The Hall–Kier alpha value is -1.34. The second kappa shape index (κ2) is 7.95. The smallest absolute Gasteiger partial charge is 0.247 e. The standard InChI is InChI=1S/C18H14I2N4O2S/c1-25-15-11(7-9(19)8-12(15)20)16-21-13-6-4-3-5-10(13)14-17(26-16)22-18(27-2)24-23-14/h3-8,16,21H,1-2H3/t16-/m1/s1. The molecule has 3 aromatic rings. The molecule has 1 N–H and O–H groups in total. The van der Waals surface area contributed by atoms with Crippen molar-refractivity contribution < 1.29 is 9.47 Å². The van der Waals surface area contributed by atoms with Crippen LogP contribution in [0.15, 0.2) is 41.6 Å². The Labute approximate surface area is 188 Å². The fourth-order valence-electron chi connectivity index (χ4n) is 2.86. The van der Waals surface area contributed by atoms with E-state index < -0.39 is 6.23 Å². The molecule has 0 spiro atoms. The molecular weight excluding hydrogens is 590 g/mol. The van der Waals surface area contributed by atoms with E-state index in [0.29, 0.717) is 16.7 Å². The first-order chi connectivity index (χ1) is 13.1. The van der Waals surface area contributed by atoms with Gasteiger partial charge in [0, 0.05) is 14.8 Å². The minimum atomic E-state index is -0.475. The number of hydrogen-bond donors (Lipinski definition) is 1. The van der Waals surface area contributed by atoms with Crippen molar-refractivity contribution in [1.82, 2.24) is 15.2 Å². The molecule has 0 amide bonds. The van der Waals surface area contributed by atoms with Crippen LogP contribution in [0.1, 0.15) is 11.8 Å². The molecule has 0 saturated carbocycles. The van der Waals surface area contributed by atoms with Gasteiger partial charge in [-0.15, -0.1) is 10.2 Å². The van der Waals surface area contributed by atoms with Gasteiger partial charge in [-0.1, -0.05) is 30.0 Å². The number of rotatable bonds is 3. The van der Waals surface area contributed by atoms with Gasteiger partial charge >= 0.3 is 0 Å². The van der Waals surface area contributed by atoms with Crippen molar-refractivity contribution in [3.63, 3.8) is 0 Å². The molecule has 27 heavy (non-hydrogen) atoms. The Kier molecular flexibility index (Phi) is 5.60. The van der Waals surface area contributed by atoms with E-state index in [1.807, 2.05) is 30.5 Å². The van der Waals surface area contributed by atoms with E-state index in [-0.39, 0.29) is 0 Å². The molecule has 0 fully saturated rings. The van der Waals surface area contributed by atoms with E-state index in [1.165, 1.54) is 11.8 Å². The second-order valence-electron chi connectivity index (χ2n) is 5.65.